The number of carbonyl (C=O) groups is 1. The average molecular weight is 283 g/mol. The molecule has 0 aromatic heterocycles. The first-order valence-electron chi connectivity index (χ1n) is 6.67. The third-order valence-corrected chi connectivity index (χ3v) is 3.27. The van der Waals surface area contributed by atoms with Gasteiger partial charge in [-0.3, -0.25) is 4.79 Å². The van der Waals surface area contributed by atoms with E-state index in [2.05, 4.69) is 10.6 Å². The molecule has 1 atom stereocenters. The van der Waals surface area contributed by atoms with Crippen molar-refractivity contribution in [1.82, 2.24) is 5.32 Å². The molecular weight excluding hydrogens is 264 g/mol. The fourth-order valence-corrected chi connectivity index (χ4v) is 2.24. The molecule has 0 aliphatic carbocycles. The molecule has 1 heterocycles. The number of rotatable bonds is 5. The minimum Gasteiger partial charge on any atom is -0.491 e. The normalized spacial score (nSPS) is 18.3. The average Bonchev–Trinajstić information content (AvgIpc) is 2.92. The topological polar surface area (TPSA) is 50.4 Å². The van der Waals surface area contributed by atoms with Crippen LogP contribution in [0.4, 0.5) is 5.69 Å². The number of ether oxygens (including phenoxy) is 1. The van der Waals surface area contributed by atoms with Gasteiger partial charge in [-0.2, -0.15) is 0 Å². The Morgan fingerprint density at radius 1 is 1.58 bits per heavy atom. The molecule has 1 fully saturated rings. The Hall–Kier alpha value is -1.26. The van der Waals surface area contributed by atoms with Crippen LogP contribution >= 0.6 is 11.6 Å². The molecule has 2 N–H and O–H groups in total. The third kappa shape index (κ3) is 3.85. The molecule has 1 aliphatic heterocycles. The second-order valence-corrected chi connectivity index (χ2v) is 5.06. The van der Waals surface area contributed by atoms with Gasteiger partial charge in [-0.1, -0.05) is 18.5 Å². The number of nitrogens with one attached hydrogen (secondary N) is 2. The smallest absolute Gasteiger partial charge is 0.241 e. The molecule has 104 valence electrons. The van der Waals surface area contributed by atoms with Crippen molar-refractivity contribution < 1.29 is 9.53 Å². The second-order valence-electron chi connectivity index (χ2n) is 4.63. The Morgan fingerprint density at radius 2 is 2.42 bits per heavy atom. The molecule has 4 nitrogen and oxygen atoms in total. The van der Waals surface area contributed by atoms with Gasteiger partial charge in [-0.25, -0.2) is 0 Å². The van der Waals surface area contributed by atoms with E-state index < -0.39 is 0 Å². The SMILES string of the molecule is CCCOc1ccc(Cl)cc1NC(=O)[C@@H]1CCCN1. The molecule has 0 radical (unpaired) electrons. The van der Waals surface area contributed by atoms with Crippen molar-refractivity contribution >= 4 is 23.2 Å². The Labute approximate surface area is 118 Å². The lowest BCUT2D eigenvalue weighted by atomic mass is 10.2. The minimum absolute atomic E-state index is 0.0267. The highest BCUT2D eigenvalue weighted by atomic mass is 35.5. The first kappa shape index (κ1) is 14.2. The summed E-state index contributed by atoms with van der Waals surface area (Å²) >= 11 is 5.97. The van der Waals surface area contributed by atoms with E-state index >= 15 is 0 Å². The van der Waals surface area contributed by atoms with Crippen molar-refractivity contribution in [3.05, 3.63) is 23.2 Å². The molecule has 1 aromatic carbocycles. The van der Waals surface area contributed by atoms with E-state index in [-0.39, 0.29) is 11.9 Å². The summed E-state index contributed by atoms with van der Waals surface area (Å²) in [5.74, 6) is 0.638. The van der Waals surface area contributed by atoms with E-state index in [1.54, 1.807) is 18.2 Å². The van der Waals surface area contributed by atoms with Crippen molar-refractivity contribution in [2.45, 2.75) is 32.2 Å². The molecule has 5 heteroatoms. The van der Waals surface area contributed by atoms with Crippen LogP contribution in [0, 0.1) is 0 Å². The summed E-state index contributed by atoms with van der Waals surface area (Å²) in [4.78, 5) is 12.1. The van der Waals surface area contributed by atoms with Gasteiger partial charge in [0, 0.05) is 5.02 Å². The zero-order chi connectivity index (χ0) is 13.7. The van der Waals surface area contributed by atoms with E-state index in [1.165, 1.54) is 0 Å². The molecule has 0 spiro atoms. The fraction of sp³-hybridized carbons (Fsp3) is 0.500. The molecule has 2 rings (SSSR count). The van der Waals surface area contributed by atoms with Crippen LogP contribution in [0.3, 0.4) is 0 Å². The summed E-state index contributed by atoms with van der Waals surface area (Å²) in [5.41, 5.74) is 0.639. The maximum atomic E-state index is 12.1. The van der Waals surface area contributed by atoms with Crippen molar-refractivity contribution in [2.24, 2.45) is 0 Å². The molecule has 0 unspecified atom stereocenters. The zero-order valence-electron chi connectivity index (χ0n) is 11.0. The lowest BCUT2D eigenvalue weighted by Crippen LogP contribution is -2.35. The lowest BCUT2D eigenvalue weighted by molar-refractivity contribution is -0.117. The van der Waals surface area contributed by atoms with Gasteiger partial charge >= 0.3 is 0 Å². The molecule has 1 saturated heterocycles. The van der Waals surface area contributed by atoms with Crippen LogP contribution in [0.15, 0.2) is 18.2 Å². The molecule has 1 aliphatic rings. The number of halogens is 1. The first-order chi connectivity index (χ1) is 9.20. The summed E-state index contributed by atoms with van der Waals surface area (Å²) < 4.78 is 5.61. The molecule has 0 saturated carbocycles. The predicted molar refractivity (Wildman–Crippen MR) is 76.9 cm³/mol. The van der Waals surface area contributed by atoms with Gasteiger partial charge in [0.1, 0.15) is 5.75 Å². The van der Waals surface area contributed by atoms with Crippen molar-refractivity contribution in [3.8, 4) is 5.75 Å². The first-order valence-corrected chi connectivity index (χ1v) is 7.05. The maximum absolute atomic E-state index is 12.1. The van der Waals surface area contributed by atoms with Gasteiger partial charge < -0.3 is 15.4 Å². The minimum atomic E-state index is -0.113. The number of carbonyl (C=O) groups excluding carboxylic acids is 1. The number of hydrogen-bond donors (Lipinski definition) is 2. The van der Waals surface area contributed by atoms with Gasteiger partial charge in [0.05, 0.1) is 18.3 Å². The van der Waals surface area contributed by atoms with E-state index in [1.807, 2.05) is 6.92 Å². The monoisotopic (exact) mass is 282 g/mol. The lowest BCUT2D eigenvalue weighted by Gasteiger charge is -2.15. The van der Waals surface area contributed by atoms with E-state index in [0.29, 0.717) is 23.1 Å². The van der Waals surface area contributed by atoms with Crippen LogP contribution < -0.4 is 15.4 Å². The highest BCUT2D eigenvalue weighted by molar-refractivity contribution is 6.31. The molecular formula is C14H19ClN2O2. The summed E-state index contributed by atoms with van der Waals surface area (Å²) in [5, 5.41) is 6.64. The fourth-order valence-electron chi connectivity index (χ4n) is 2.07. The van der Waals surface area contributed by atoms with E-state index in [9.17, 15) is 4.79 Å². The second kappa shape index (κ2) is 6.78. The maximum Gasteiger partial charge on any atom is 0.241 e. The van der Waals surface area contributed by atoms with Gasteiger partial charge in [-0.15, -0.1) is 0 Å². The van der Waals surface area contributed by atoms with Crippen LogP contribution in [0.25, 0.3) is 0 Å². The Balaban J connectivity index is 2.08. The Bertz CT molecular complexity index is 445. The highest BCUT2D eigenvalue weighted by Crippen LogP contribution is 2.28. The molecule has 19 heavy (non-hydrogen) atoms. The van der Waals surface area contributed by atoms with Crippen LogP contribution in [0.5, 0.6) is 5.75 Å². The van der Waals surface area contributed by atoms with Crippen LogP contribution in [-0.2, 0) is 4.79 Å². The van der Waals surface area contributed by atoms with Crippen LogP contribution in [0.2, 0.25) is 5.02 Å². The van der Waals surface area contributed by atoms with Crippen molar-refractivity contribution in [2.75, 3.05) is 18.5 Å². The molecule has 0 bridgehead atoms. The number of hydrogen-bond acceptors (Lipinski definition) is 3. The van der Waals surface area contributed by atoms with Crippen LogP contribution in [-0.4, -0.2) is 25.1 Å². The number of amides is 1. The quantitative estimate of drug-likeness (QED) is 0.873. The highest BCUT2D eigenvalue weighted by Gasteiger charge is 2.22. The largest absolute Gasteiger partial charge is 0.491 e. The standard InChI is InChI=1S/C14H19ClN2O2/c1-2-8-19-13-6-5-10(15)9-12(13)17-14(18)11-4-3-7-16-11/h5-6,9,11,16H,2-4,7-8H2,1H3,(H,17,18)/t11-/m0/s1. The number of anilines is 1. The molecule has 1 amide bonds. The Morgan fingerprint density at radius 3 is 3.11 bits per heavy atom. The van der Waals surface area contributed by atoms with Crippen LogP contribution in [0.1, 0.15) is 26.2 Å². The Kier molecular flexibility index (Phi) is 5.05. The zero-order valence-corrected chi connectivity index (χ0v) is 11.8. The van der Waals surface area contributed by atoms with E-state index in [4.69, 9.17) is 16.3 Å². The molecule has 1 aromatic rings. The van der Waals surface area contributed by atoms with Gasteiger partial charge in [0.2, 0.25) is 5.91 Å². The number of benzene rings is 1. The summed E-state index contributed by atoms with van der Waals surface area (Å²) in [6.07, 6.45) is 2.82. The third-order valence-electron chi connectivity index (χ3n) is 3.04. The van der Waals surface area contributed by atoms with Crippen molar-refractivity contribution in [1.29, 1.82) is 0 Å². The van der Waals surface area contributed by atoms with Crippen molar-refractivity contribution in [3.63, 3.8) is 0 Å². The predicted octanol–water partition coefficient (Wildman–Crippen LogP) is 2.82. The van der Waals surface area contributed by atoms with Gasteiger partial charge in [0.25, 0.3) is 0 Å². The summed E-state index contributed by atoms with van der Waals surface area (Å²) in [6.45, 7) is 3.55. The van der Waals surface area contributed by atoms with Gasteiger partial charge in [0.15, 0.2) is 0 Å². The summed E-state index contributed by atoms with van der Waals surface area (Å²) in [7, 11) is 0. The van der Waals surface area contributed by atoms with Gasteiger partial charge in [-0.05, 0) is 44.0 Å². The summed E-state index contributed by atoms with van der Waals surface area (Å²) in [6, 6.07) is 5.16. The van der Waals surface area contributed by atoms with E-state index in [0.717, 1.165) is 25.8 Å².